The molecule has 0 bridgehead atoms. The molecule has 0 radical (unpaired) electrons. The summed E-state index contributed by atoms with van der Waals surface area (Å²) >= 11 is 0. The highest BCUT2D eigenvalue weighted by Crippen LogP contribution is 2.13. The number of likely N-dealkylation sites (tertiary alicyclic amines) is 1. The number of primary amides is 1. The molecule has 1 aliphatic rings. The summed E-state index contributed by atoms with van der Waals surface area (Å²) in [6.07, 6.45) is 2.51. The molecular weight excluding hydrogens is 192 g/mol. The number of piperidine rings is 1. The van der Waals surface area contributed by atoms with Crippen LogP contribution in [0.1, 0.15) is 12.8 Å². The van der Waals surface area contributed by atoms with E-state index in [0.29, 0.717) is 12.5 Å². The van der Waals surface area contributed by atoms with Crippen LogP contribution in [0.5, 0.6) is 0 Å². The van der Waals surface area contributed by atoms with Crippen LogP contribution < -0.4 is 16.8 Å². The second-order valence-corrected chi connectivity index (χ2v) is 4.44. The Labute approximate surface area is 91.2 Å². The molecule has 0 aliphatic carbocycles. The molecule has 0 aromatic rings. The Morgan fingerprint density at radius 1 is 1.67 bits per heavy atom. The summed E-state index contributed by atoms with van der Waals surface area (Å²) in [7, 11) is 2.14. The first kappa shape index (κ1) is 12.4. The van der Waals surface area contributed by atoms with E-state index >= 15 is 0 Å². The first-order valence-corrected chi connectivity index (χ1v) is 5.53. The van der Waals surface area contributed by atoms with Crippen molar-refractivity contribution in [3.05, 3.63) is 0 Å². The summed E-state index contributed by atoms with van der Waals surface area (Å²) in [4.78, 5) is 13.0. The van der Waals surface area contributed by atoms with Crippen LogP contribution >= 0.6 is 0 Å². The third kappa shape index (κ3) is 4.59. The van der Waals surface area contributed by atoms with Crippen LogP contribution in [0.25, 0.3) is 0 Å². The maximum absolute atomic E-state index is 10.7. The van der Waals surface area contributed by atoms with E-state index in [1.54, 1.807) is 0 Å². The summed E-state index contributed by atoms with van der Waals surface area (Å²) in [6.45, 7) is 3.72. The van der Waals surface area contributed by atoms with Crippen LogP contribution in [0.4, 0.5) is 0 Å². The average molecular weight is 214 g/mol. The van der Waals surface area contributed by atoms with Gasteiger partial charge in [0.25, 0.3) is 0 Å². The fourth-order valence-electron chi connectivity index (χ4n) is 1.98. The van der Waals surface area contributed by atoms with E-state index < -0.39 is 11.9 Å². The Morgan fingerprint density at radius 3 is 3.00 bits per heavy atom. The summed E-state index contributed by atoms with van der Waals surface area (Å²) in [5.74, 6) is 0.229. The molecule has 0 spiro atoms. The molecule has 88 valence electrons. The van der Waals surface area contributed by atoms with Crippen LogP contribution in [0.15, 0.2) is 0 Å². The molecule has 1 heterocycles. The summed E-state index contributed by atoms with van der Waals surface area (Å²) in [5, 5.41) is 3.20. The van der Waals surface area contributed by atoms with Gasteiger partial charge in [-0.3, -0.25) is 4.79 Å². The number of nitrogens with zero attached hydrogens (tertiary/aromatic N) is 1. The van der Waals surface area contributed by atoms with Gasteiger partial charge >= 0.3 is 0 Å². The van der Waals surface area contributed by atoms with Crippen LogP contribution in [-0.2, 0) is 4.79 Å². The van der Waals surface area contributed by atoms with Crippen molar-refractivity contribution in [2.24, 2.45) is 17.4 Å². The number of carbonyl (C=O) groups excluding carboxylic acids is 1. The van der Waals surface area contributed by atoms with Gasteiger partial charge in [0.05, 0.1) is 6.04 Å². The Balaban J connectivity index is 2.11. The molecule has 1 fully saturated rings. The quantitative estimate of drug-likeness (QED) is 0.533. The van der Waals surface area contributed by atoms with Crippen molar-refractivity contribution in [1.82, 2.24) is 10.2 Å². The van der Waals surface area contributed by atoms with Crippen molar-refractivity contribution in [2.45, 2.75) is 18.9 Å². The molecule has 5 N–H and O–H groups in total. The molecule has 5 heteroatoms. The zero-order chi connectivity index (χ0) is 11.3. The second kappa shape index (κ2) is 6.05. The number of nitrogens with one attached hydrogen (secondary N) is 1. The maximum Gasteiger partial charge on any atom is 0.235 e. The van der Waals surface area contributed by atoms with Crippen LogP contribution in [0.2, 0.25) is 0 Å². The average Bonchev–Trinajstić information content (AvgIpc) is 2.17. The van der Waals surface area contributed by atoms with Crippen molar-refractivity contribution in [2.75, 3.05) is 33.2 Å². The highest BCUT2D eigenvalue weighted by atomic mass is 16.1. The van der Waals surface area contributed by atoms with Crippen molar-refractivity contribution >= 4 is 5.91 Å². The third-order valence-electron chi connectivity index (χ3n) is 2.88. The lowest BCUT2D eigenvalue weighted by molar-refractivity contribution is -0.119. The van der Waals surface area contributed by atoms with E-state index in [-0.39, 0.29) is 0 Å². The fourth-order valence-corrected chi connectivity index (χ4v) is 1.98. The predicted molar refractivity (Wildman–Crippen MR) is 60.3 cm³/mol. The van der Waals surface area contributed by atoms with E-state index in [9.17, 15) is 4.79 Å². The Bertz CT molecular complexity index is 210. The van der Waals surface area contributed by atoms with Gasteiger partial charge in [0.2, 0.25) is 5.91 Å². The van der Waals surface area contributed by atoms with E-state index in [1.165, 1.54) is 19.4 Å². The van der Waals surface area contributed by atoms with E-state index in [2.05, 4.69) is 17.3 Å². The van der Waals surface area contributed by atoms with Gasteiger partial charge in [0.1, 0.15) is 0 Å². The standard InChI is InChI=1S/C10H22N4O/c1-14-4-2-3-8(7-14)5-13-6-9(11)10(12)15/h8-9,13H,2-7,11H2,1H3,(H2,12,15). The van der Waals surface area contributed by atoms with Crippen molar-refractivity contribution < 1.29 is 4.79 Å². The molecule has 5 nitrogen and oxygen atoms in total. The molecular formula is C10H22N4O. The summed E-state index contributed by atoms with van der Waals surface area (Å²) in [6, 6.07) is -0.564. The maximum atomic E-state index is 10.7. The number of carbonyl (C=O) groups is 1. The molecule has 2 atom stereocenters. The second-order valence-electron chi connectivity index (χ2n) is 4.44. The lowest BCUT2D eigenvalue weighted by Crippen LogP contribution is -2.46. The van der Waals surface area contributed by atoms with Crippen LogP contribution in [-0.4, -0.2) is 50.1 Å². The number of nitrogens with two attached hydrogens (primary N) is 2. The van der Waals surface area contributed by atoms with Gasteiger partial charge in [-0.2, -0.15) is 0 Å². The number of amides is 1. The van der Waals surface area contributed by atoms with Crippen LogP contribution in [0, 0.1) is 5.92 Å². The number of hydrogen-bond acceptors (Lipinski definition) is 4. The van der Waals surface area contributed by atoms with Gasteiger partial charge in [-0.1, -0.05) is 0 Å². The Hall–Kier alpha value is -0.650. The smallest absolute Gasteiger partial charge is 0.235 e. The van der Waals surface area contributed by atoms with Gasteiger partial charge in [-0.25, -0.2) is 0 Å². The number of rotatable bonds is 5. The summed E-state index contributed by atoms with van der Waals surface area (Å²) in [5.41, 5.74) is 10.6. The van der Waals surface area contributed by atoms with E-state index in [0.717, 1.165) is 13.1 Å². The predicted octanol–water partition coefficient (Wildman–Crippen LogP) is -1.27. The topological polar surface area (TPSA) is 84.4 Å². The highest BCUT2D eigenvalue weighted by molar-refractivity contribution is 5.79. The Morgan fingerprint density at radius 2 is 2.40 bits per heavy atom. The molecule has 15 heavy (non-hydrogen) atoms. The zero-order valence-corrected chi connectivity index (χ0v) is 9.41. The lowest BCUT2D eigenvalue weighted by Gasteiger charge is -2.29. The summed E-state index contributed by atoms with van der Waals surface area (Å²) < 4.78 is 0. The lowest BCUT2D eigenvalue weighted by atomic mass is 9.98. The van der Waals surface area contributed by atoms with Gasteiger partial charge in [0, 0.05) is 13.1 Å². The van der Waals surface area contributed by atoms with E-state index in [4.69, 9.17) is 11.5 Å². The minimum absolute atomic E-state index is 0.441. The highest BCUT2D eigenvalue weighted by Gasteiger charge is 2.17. The molecule has 0 saturated carbocycles. The molecule has 1 saturated heterocycles. The monoisotopic (exact) mass is 214 g/mol. The third-order valence-corrected chi connectivity index (χ3v) is 2.88. The van der Waals surface area contributed by atoms with Gasteiger partial charge in [0.15, 0.2) is 0 Å². The van der Waals surface area contributed by atoms with Gasteiger partial charge in [-0.15, -0.1) is 0 Å². The number of hydrogen-bond donors (Lipinski definition) is 3. The molecule has 1 rings (SSSR count). The zero-order valence-electron chi connectivity index (χ0n) is 9.41. The minimum Gasteiger partial charge on any atom is -0.368 e. The van der Waals surface area contributed by atoms with Crippen molar-refractivity contribution in [3.8, 4) is 0 Å². The first-order chi connectivity index (χ1) is 7.09. The van der Waals surface area contributed by atoms with Crippen molar-refractivity contribution in [1.29, 1.82) is 0 Å². The molecule has 1 amide bonds. The minimum atomic E-state index is -0.564. The van der Waals surface area contributed by atoms with Crippen LogP contribution in [0.3, 0.4) is 0 Å². The SMILES string of the molecule is CN1CCCC(CNCC(N)C(N)=O)C1. The first-order valence-electron chi connectivity index (χ1n) is 5.53. The molecule has 0 aromatic carbocycles. The largest absolute Gasteiger partial charge is 0.368 e. The molecule has 2 unspecified atom stereocenters. The normalized spacial score (nSPS) is 25.1. The fraction of sp³-hybridized carbons (Fsp3) is 0.900. The van der Waals surface area contributed by atoms with Crippen molar-refractivity contribution in [3.63, 3.8) is 0 Å². The molecule has 1 aliphatic heterocycles. The van der Waals surface area contributed by atoms with Gasteiger partial charge < -0.3 is 21.7 Å². The Kier molecular flexibility index (Phi) is 5.01. The molecule has 0 aromatic heterocycles. The van der Waals surface area contributed by atoms with Gasteiger partial charge in [-0.05, 0) is 38.9 Å². The van der Waals surface area contributed by atoms with E-state index in [1.807, 2.05) is 0 Å².